The molecular formula is C27H35BrN2O6. The Hall–Kier alpha value is -2.23. The molecule has 3 aliphatic rings. The average molecular weight is 563 g/mol. The van der Waals surface area contributed by atoms with Crippen molar-refractivity contribution in [3.63, 3.8) is 0 Å². The SMILES string of the molecule is C=CCN(C(=O)C1N([C@H](CO)c2ccccc2)C(=O)[C@@H]2[C@H](C(=O)OCC)[C@H]3OC12CC3Br)C(C)(C)C. The van der Waals surface area contributed by atoms with Crippen molar-refractivity contribution in [3.8, 4) is 0 Å². The summed E-state index contributed by atoms with van der Waals surface area (Å²) < 4.78 is 11.9. The highest BCUT2D eigenvalue weighted by molar-refractivity contribution is 9.09. The van der Waals surface area contributed by atoms with Crippen LogP contribution in [-0.4, -0.2) is 80.6 Å². The Kier molecular flexibility index (Phi) is 7.38. The first-order chi connectivity index (χ1) is 17.0. The van der Waals surface area contributed by atoms with Gasteiger partial charge in [0.25, 0.3) is 0 Å². The van der Waals surface area contributed by atoms with E-state index >= 15 is 0 Å². The number of esters is 1. The first-order valence-electron chi connectivity index (χ1n) is 12.4. The lowest BCUT2D eigenvalue weighted by Gasteiger charge is -2.43. The number of fused-ring (bicyclic) bond motifs is 1. The lowest BCUT2D eigenvalue weighted by atomic mass is 9.70. The lowest BCUT2D eigenvalue weighted by molar-refractivity contribution is -0.157. The summed E-state index contributed by atoms with van der Waals surface area (Å²) in [5.74, 6) is -2.89. The van der Waals surface area contributed by atoms with E-state index in [1.54, 1.807) is 17.9 Å². The van der Waals surface area contributed by atoms with Gasteiger partial charge in [-0.05, 0) is 39.7 Å². The Bertz CT molecular complexity index is 1030. The van der Waals surface area contributed by atoms with E-state index in [1.165, 1.54) is 4.90 Å². The van der Waals surface area contributed by atoms with E-state index in [-0.39, 0.29) is 36.4 Å². The summed E-state index contributed by atoms with van der Waals surface area (Å²) in [6.07, 6.45) is 1.46. The van der Waals surface area contributed by atoms with Crippen LogP contribution in [0.1, 0.15) is 45.7 Å². The van der Waals surface area contributed by atoms with Gasteiger partial charge >= 0.3 is 5.97 Å². The van der Waals surface area contributed by atoms with E-state index in [1.807, 2.05) is 51.1 Å². The number of rotatable bonds is 8. The number of aliphatic hydroxyl groups is 1. The van der Waals surface area contributed by atoms with Crippen LogP contribution in [0.15, 0.2) is 43.0 Å². The van der Waals surface area contributed by atoms with Crippen LogP contribution in [0.25, 0.3) is 0 Å². The number of benzene rings is 1. The minimum Gasteiger partial charge on any atom is -0.466 e. The quantitative estimate of drug-likeness (QED) is 0.297. The summed E-state index contributed by atoms with van der Waals surface area (Å²) in [5.41, 5.74) is -1.09. The second kappa shape index (κ2) is 9.91. The van der Waals surface area contributed by atoms with E-state index in [9.17, 15) is 19.5 Å². The zero-order valence-corrected chi connectivity index (χ0v) is 22.8. The van der Waals surface area contributed by atoms with Crippen LogP contribution < -0.4 is 0 Å². The van der Waals surface area contributed by atoms with Crippen molar-refractivity contribution < 1.29 is 29.0 Å². The van der Waals surface area contributed by atoms with Crippen molar-refractivity contribution >= 4 is 33.7 Å². The van der Waals surface area contributed by atoms with Crippen LogP contribution in [0.2, 0.25) is 0 Å². The third-order valence-electron chi connectivity index (χ3n) is 7.60. The molecule has 3 fully saturated rings. The standard InChI is InChI=1S/C27H35BrN2O6/c1-6-13-29(26(3,4)5)24(33)22-27-14-17(28)21(36-27)19(25(34)35-7-2)20(27)23(32)30(22)18(15-31)16-11-9-8-10-12-16/h6,8-12,17-22,31H,1,7,13-15H2,2-5H3/t17?,18-,19+,20+,21+,22?,27?/m1/s1. The topological polar surface area (TPSA) is 96.4 Å². The van der Waals surface area contributed by atoms with Crippen molar-refractivity contribution in [2.24, 2.45) is 11.8 Å². The molecule has 3 unspecified atom stereocenters. The number of carbonyl (C=O) groups is 3. The molecule has 0 saturated carbocycles. The number of carbonyl (C=O) groups excluding carboxylic acids is 3. The highest BCUT2D eigenvalue weighted by Crippen LogP contribution is 2.61. The van der Waals surface area contributed by atoms with Gasteiger partial charge in [-0.2, -0.15) is 0 Å². The van der Waals surface area contributed by atoms with Crippen molar-refractivity contribution in [3.05, 3.63) is 48.6 Å². The number of aliphatic hydroxyl groups excluding tert-OH is 1. The van der Waals surface area contributed by atoms with Gasteiger partial charge in [0, 0.05) is 16.9 Å². The Balaban J connectivity index is 1.89. The largest absolute Gasteiger partial charge is 0.466 e. The highest BCUT2D eigenvalue weighted by Gasteiger charge is 2.77. The Labute approximate surface area is 220 Å². The molecule has 4 rings (SSSR count). The Morgan fingerprint density at radius 3 is 2.58 bits per heavy atom. The predicted octanol–water partition coefficient (Wildman–Crippen LogP) is 2.84. The van der Waals surface area contributed by atoms with Gasteiger partial charge in [0.05, 0.1) is 37.2 Å². The minimum atomic E-state index is -1.22. The molecule has 7 atom stereocenters. The molecule has 3 aliphatic heterocycles. The molecule has 0 aromatic heterocycles. The van der Waals surface area contributed by atoms with Crippen LogP contribution >= 0.6 is 15.9 Å². The fourth-order valence-corrected chi connectivity index (χ4v) is 7.13. The van der Waals surface area contributed by atoms with Gasteiger partial charge < -0.3 is 24.4 Å². The van der Waals surface area contributed by atoms with E-state index in [2.05, 4.69) is 22.5 Å². The molecule has 2 bridgehead atoms. The molecule has 0 radical (unpaired) electrons. The fraction of sp³-hybridized carbons (Fsp3) is 0.593. The maximum Gasteiger partial charge on any atom is 0.312 e. The lowest BCUT2D eigenvalue weighted by Crippen LogP contribution is -2.60. The summed E-state index contributed by atoms with van der Waals surface area (Å²) in [5, 5.41) is 10.5. The molecule has 8 nitrogen and oxygen atoms in total. The fourth-order valence-electron chi connectivity index (χ4n) is 6.19. The van der Waals surface area contributed by atoms with Gasteiger partial charge in [-0.3, -0.25) is 14.4 Å². The maximum absolute atomic E-state index is 14.4. The number of hydrogen-bond donors (Lipinski definition) is 1. The van der Waals surface area contributed by atoms with E-state index in [0.717, 1.165) is 0 Å². The molecular weight excluding hydrogens is 528 g/mol. The van der Waals surface area contributed by atoms with E-state index in [0.29, 0.717) is 12.0 Å². The van der Waals surface area contributed by atoms with Crippen molar-refractivity contribution in [1.82, 2.24) is 9.80 Å². The third kappa shape index (κ3) is 4.09. The molecule has 0 aliphatic carbocycles. The van der Waals surface area contributed by atoms with Crippen molar-refractivity contribution in [2.45, 2.75) is 68.3 Å². The number of likely N-dealkylation sites (tertiary alicyclic amines) is 1. The number of ether oxygens (including phenoxy) is 2. The molecule has 3 heterocycles. The second-order valence-corrected chi connectivity index (χ2v) is 11.9. The number of hydrogen-bond acceptors (Lipinski definition) is 6. The molecule has 196 valence electrons. The molecule has 9 heteroatoms. The smallest absolute Gasteiger partial charge is 0.312 e. The molecule has 1 spiro atoms. The number of nitrogens with zero attached hydrogens (tertiary/aromatic N) is 2. The predicted molar refractivity (Wildman–Crippen MR) is 137 cm³/mol. The molecule has 3 saturated heterocycles. The molecule has 1 aromatic carbocycles. The van der Waals surface area contributed by atoms with Gasteiger partial charge in [-0.15, -0.1) is 6.58 Å². The second-order valence-electron chi connectivity index (χ2n) is 10.7. The van der Waals surface area contributed by atoms with Crippen LogP contribution in [0.5, 0.6) is 0 Å². The summed E-state index contributed by atoms with van der Waals surface area (Å²) in [7, 11) is 0. The van der Waals surface area contributed by atoms with Gasteiger partial charge in [-0.1, -0.05) is 52.3 Å². The molecule has 2 amide bonds. The van der Waals surface area contributed by atoms with Crippen molar-refractivity contribution in [2.75, 3.05) is 19.8 Å². The maximum atomic E-state index is 14.4. The number of alkyl halides is 1. The van der Waals surface area contributed by atoms with E-state index < -0.39 is 47.1 Å². The molecule has 1 N–H and O–H groups in total. The van der Waals surface area contributed by atoms with Crippen LogP contribution in [0.3, 0.4) is 0 Å². The normalized spacial score (nSPS) is 31.8. The summed E-state index contributed by atoms with van der Waals surface area (Å²) >= 11 is 3.66. The van der Waals surface area contributed by atoms with Gasteiger partial charge in [0.2, 0.25) is 11.8 Å². The van der Waals surface area contributed by atoms with Crippen LogP contribution in [0, 0.1) is 11.8 Å². The average Bonchev–Trinajstić information content (AvgIpc) is 3.42. The van der Waals surface area contributed by atoms with E-state index in [4.69, 9.17) is 9.47 Å². The third-order valence-corrected chi connectivity index (χ3v) is 8.45. The molecule has 36 heavy (non-hydrogen) atoms. The molecule has 1 aromatic rings. The van der Waals surface area contributed by atoms with Gasteiger partial charge in [0.1, 0.15) is 11.6 Å². The Morgan fingerprint density at radius 1 is 1.36 bits per heavy atom. The summed E-state index contributed by atoms with van der Waals surface area (Å²) in [6.45, 7) is 11.4. The summed E-state index contributed by atoms with van der Waals surface area (Å²) in [6, 6.07) is 7.33. The minimum absolute atomic E-state index is 0.176. The zero-order valence-electron chi connectivity index (χ0n) is 21.2. The van der Waals surface area contributed by atoms with Crippen LogP contribution in [0.4, 0.5) is 0 Å². The van der Waals surface area contributed by atoms with Gasteiger partial charge in [0.15, 0.2) is 0 Å². The first kappa shape index (κ1) is 26.8. The van der Waals surface area contributed by atoms with Crippen molar-refractivity contribution in [1.29, 1.82) is 0 Å². The highest BCUT2D eigenvalue weighted by atomic mass is 79.9. The number of amides is 2. The summed E-state index contributed by atoms with van der Waals surface area (Å²) in [4.78, 5) is 44.7. The monoisotopic (exact) mass is 562 g/mol. The Morgan fingerprint density at radius 2 is 2.03 bits per heavy atom. The first-order valence-corrected chi connectivity index (χ1v) is 13.3. The van der Waals surface area contributed by atoms with Crippen LogP contribution in [-0.2, 0) is 23.9 Å². The number of halogens is 1. The van der Waals surface area contributed by atoms with Gasteiger partial charge in [-0.25, -0.2) is 0 Å². The zero-order chi connectivity index (χ0) is 26.4.